The number of aromatic nitrogens is 4. The van der Waals surface area contributed by atoms with Crippen LogP contribution in [0, 0.1) is 17.6 Å². The van der Waals surface area contributed by atoms with E-state index in [4.69, 9.17) is 16.3 Å². The smallest absolute Gasteiger partial charge is 0.255 e. The van der Waals surface area contributed by atoms with Crippen LogP contribution in [0.4, 0.5) is 14.6 Å². The maximum atomic E-state index is 14.8. The first kappa shape index (κ1) is 17.0. The molecule has 0 bridgehead atoms. The van der Waals surface area contributed by atoms with Crippen molar-refractivity contribution in [2.45, 2.75) is 13.3 Å². The largest absolute Gasteiger partial charge is 0.494 e. The average molecular weight is 380 g/mol. The van der Waals surface area contributed by atoms with Gasteiger partial charge in [-0.05, 0) is 18.4 Å². The number of halogens is 3. The van der Waals surface area contributed by atoms with Crippen LogP contribution in [0.3, 0.4) is 0 Å². The molecule has 3 heterocycles. The first-order chi connectivity index (χ1) is 12.5. The molecule has 0 amide bonds. The van der Waals surface area contributed by atoms with Gasteiger partial charge >= 0.3 is 0 Å². The molecule has 6 nitrogen and oxygen atoms in total. The summed E-state index contributed by atoms with van der Waals surface area (Å²) < 4.78 is 35.4. The van der Waals surface area contributed by atoms with Crippen molar-refractivity contribution >= 4 is 23.2 Å². The third kappa shape index (κ3) is 2.65. The van der Waals surface area contributed by atoms with E-state index in [9.17, 15) is 8.78 Å². The third-order valence-corrected chi connectivity index (χ3v) is 4.87. The van der Waals surface area contributed by atoms with Gasteiger partial charge in [-0.15, -0.1) is 0 Å². The van der Waals surface area contributed by atoms with Crippen molar-refractivity contribution in [1.29, 1.82) is 0 Å². The summed E-state index contributed by atoms with van der Waals surface area (Å²) in [4.78, 5) is 10.3. The lowest BCUT2D eigenvalue weighted by Crippen LogP contribution is -2.24. The number of hydrogen-bond donors (Lipinski definition) is 0. The van der Waals surface area contributed by atoms with E-state index in [0.29, 0.717) is 17.5 Å². The van der Waals surface area contributed by atoms with E-state index in [2.05, 4.69) is 26.9 Å². The molecule has 0 aliphatic carbocycles. The lowest BCUT2D eigenvalue weighted by molar-refractivity contribution is 0.383. The van der Waals surface area contributed by atoms with E-state index < -0.39 is 11.6 Å². The van der Waals surface area contributed by atoms with Gasteiger partial charge in [0.25, 0.3) is 5.78 Å². The highest BCUT2D eigenvalue weighted by atomic mass is 35.5. The Balaban J connectivity index is 2.01. The minimum absolute atomic E-state index is 0.00718. The molecule has 3 aromatic rings. The molecular formula is C17H16ClF2N5O. The molecule has 9 heteroatoms. The average Bonchev–Trinajstić information content (AvgIpc) is 3.24. The number of methoxy groups -OCH3 is 1. The summed E-state index contributed by atoms with van der Waals surface area (Å²) in [5.74, 6) is -0.174. The van der Waals surface area contributed by atoms with Gasteiger partial charge in [0, 0.05) is 24.7 Å². The molecule has 26 heavy (non-hydrogen) atoms. The fourth-order valence-corrected chi connectivity index (χ4v) is 3.59. The first-order valence-electron chi connectivity index (χ1n) is 8.17. The summed E-state index contributed by atoms with van der Waals surface area (Å²) in [7, 11) is 1.28. The van der Waals surface area contributed by atoms with Crippen LogP contribution in [0.15, 0.2) is 18.5 Å². The Bertz CT molecular complexity index is 993. The van der Waals surface area contributed by atoms with Crippen LogP contribution in [0.1, 0.15) is 13.3 Å². The van der Waals surface area contributed by atoms with E-state index in [1.807, 2.05) is 0 Å². The fourth-order valence-electron chi connectivity index (χ4n) is 3.33. The zero-order valence-corrected chi connectivity index (χ0v) is 15.0. The molecular weight excluding hydrogens is 364 g/mol. The minimum atomic E-state index is -0.681. The predicted octanol–water partition coefficient (Wildman–Crippen LogP) is 3.58. The maximum absolute atomic E-state index is 14.8. The van der Waals surface area contributed by atoms with Crippen LogP contribution >= 0.6 is 11.6 Å². The zero-order chi connectivity index (χ0) is 18.4. The lowest BCUT2D eigenvalue weighted by Gasteiger charge is -2.23. The van der Waals surface area contributed by atoms with Crippen LogP contribution in [-0.2, 0) is 0 Å². The molecule has 1 aliphatic rings. The van der Waals surface area contributed by atoms with E-state index in [1.54, 1.807) is 0 Å². The molecule has 4 rings (SSSR count). The third-order valence-electron chi connectivity index (χ3n) is 4.59. The molecule has 0 spiro atoms. The summed E-state index contributed by atoms with van der Waals surface area (Å²) in [6.07, 6.45) is 2.34. The normalized spacial score (nSPS) is 17.3. The molecule has 0 radical (unpaired) electrons. The monoisotopic (exact) mass is 379 g/mol. The molecule has 1 unspecified atom stereocenters. The van der Waals surface area contributed by atoms with Gasteiger partial charge in [-0.3, -0.25) is 0 Å². The summed E-state index contributed by atoms with van der Waals surface area (Å²) in [6, 6.07) is 2.08. The van der Waals surface area contributed by atoms with Crippen LogP contribution in [0.5, 0.6) is 5.75 Å². The molecule has 1 aliphatic heterocycles. The number of benzene rings is 1. The number of fused-ring (bicyclic) bond motifs is 1. The van der Waals surface area contributed by atoms with Crippen molar-refractivity contribution in [2.24, 2.45) is 5.92 Å². The molecule has 136 valence electrons. The molecule has 0 saturated carbocycles. The van der Waals surface area contributed by atoms with Gasteiger partial charge < -0.3 is 9.64 Å². The van der Waals surface area contributed by atoms with E-state index in [-0.39, 0.29) is 22.0 Å². The maximum Gasteiger partial charge on any atom is 0.255 e. The molecule has 2 aromatic heterocycles. The summed E-state index contributed by atoms with van der Waals surface area (Å²) in [5, 5.41) is 4.25. The van der Waals surface area contributed by atoms with Gasteiger partial charge in [-0.1, -0.05) is 18.5 Å². The Morgan fingerprint density at radius 3 is 2.77 bits per heavy atom. The van der Waals surface area contributed by atoms with Gasteiger partial charge in [0.15, 0.2) is 11.6 Å². The minimum Gasteiger partial charge on any atom is -0.494 e. The van der Waals surface area contributed by atoms with E-state index >= 15 is 0 Å². The SMILES string of the molecule is COc1cc(F)c(-c2c(Cl)nc3ncnn3c2N2CCC(C)C2)cc1F. The number of ether oxygens (including phenoxy) is 1. The molecule has 0 N–H and O–H groups in total. The van der Waals surface area contributed by atoms with E-state index in [0.717, 1.165) is 31.6 Å². The topological polar surface area (TPSA) is 55.6 Å². The Morgan fingerprint density at radius 2 is 2.08 bits per heavy atom. The molecule has 1 aromatic carbocycles. The van der Waals surface area contributed by atoms with Crippen LogP contribution < -0.4 is 9.64 Å². The quantitative estimate of drug-likeness (QED) is 0.651. The molecule has 1 fully saturated rings. The number of rotatable bonds is 3. The molecule has 1 saturated heterocycles. The van der Waals surface area contributed by atoms with Crippen molar-refractivity contribution in [1.82, 2.24) is 19.6 Å². The van der Waals surface area contributed by atoms with Gasteiger partial charge in [0.2, 0.25) is 0 Å². The van der Waals surface area contributed by atoms with Gasteiger partial charge in [-0.25, -0.2) is 8.78 Å². The Morgan fingerprint density at radius 1 is 1.27 bits per heavy atom. The second kappa shape index (κ2) is 6.35. The standard InChI is InChI=1S/C17H16ClF2N5O/c1-9-3-4-24(7-9)16-14(15(18)23-17-21-8-22-25(16)17)10-5-12(20)13(26-2)6-11(10)19/h5-6,8-9H,3-4,7H2,1-2H3. The van der Waals surface area contributed by atoms with Gasteiger partial charge in [0.05, 0.1) is 12.7 Å². The molecule has 1 atom stereocenters. The fraction of sp³-hybridized carbons (Fsp3) is 0.353. The summed E-state index contributed by atoms with van der Waals surface area (Å²) in [5.41, 5.74) is 0.297. The highest BCUT2D eigenvalue weighted by Crippen LogP contribution is 2.40. The highest BCUT2D eigenvalue weighted by Gasteiger charge is 2.29. The Hall–Kier alpha value is -2.48. The number of nitrogens with zero attached hydrogens (tertiary/aromatic N) is 5. The first-order valence-corrected chi connectivity index (χ1v) is 8.55. The van der Waals surface area contributed by atoms with Crippen molar-refractivity contribution < 1.29 is 13.5 Å². The summed E-state index contributed by atoms with van der Waals surface area (Å²) in [6.45, 7) is 3.64. The Labute approximate surface area is 153 Å². The highest BCUT2D eigenvalue weighted by molar-refractivity contribution is 6.33. The van der Waals surface area contributed by atoms with Crippen LogP contribution in [-0.4, -0.2) is 39.8 Å². The van der Waals surface area contributed by atoms with Gasteiger partial charge in [0.1, 0.15) is 23.1 Å². The zero-order valence-electron chi connectivity index (χ0n) is 14.2. The van der Waals surface area contributed by atoms with Gasteiger partial charge in [-0.2, -0.15) is 19.6 Å². The van der Waals surface area contributed by atoms with Crippen molar-refractivity contribution in [2.75, 3.05) is 25.1 Å². The predicted molar refractivity (Wildman–Crippen MR) is 93.7 cm³/mol. The van der Waals surface area contributed by atoms with Crippen molar-refractivity contribution in [3.05, 3.63) is 35.2 Å². The lowest BCUT2D eigenvalue weighted by atomic mass is 10.1. The van der Waals surface area contributed by atoms with E-state index in [1.165, 1.54) is 18.0 Å². The summed E-state index contributed by atoms with van der Waals surface area (Å²) >= 11 is 6.37. The number of hydrogen-bond acceptors (Lipinski definition) is 5. The van der Waals surface area contributed by atoms with Crippen molar-refractivity contribution in [3.8, 4) is 16.9 Å². The van der Waals surface area contributed by atoms with Crippen LogP contribution in [0.25, 0.3) is 16.9 Å². The van der Waals surface area contributed by atoms with Crippen LogP contribution in [0.2, 0.25) is 5.15 Å². The second-order valence-corrected chi connectivity index (χ2v) is 6.74. The van der Waals surface area contributed by atoms with Crippen molar-refractivity contribution in [3.63, 3.8) is 0 Å². The second-order valence-electron chi connectivity index (χ2n) is 6.38. The Kier molecular flexibility index (Phi) is 4.14. The number of anilines is 1.